The van der Waals surface area contributed by atoms with Gasteiger partial charge < -0.3 is 14.7 Å². The fraction of sp³-hybridized carbons (Fsp3) is 0.455. The maximum absolute atomic E-state index is 13.5. The van der Waals surface area contributed by atoms with E-state index >= 15 is 0 Å². The molecule has 1 aromatic carbocycles. The van der Waals surface area contributed by atoms with E-state index in [0.717, 1.165) is 30.2 Å². The number of benzene rings is 1. The predicted molar refractivity (Wildman–Crippen MR) is 157 cm³/mol. The predicted octanol–water partition coefficient (Wildman–Crippen LogP) is 3.77. The number of hydrogen-bond donors (Lipinski definition) is 1. The van der Waals surface area contributed by atoms with Gasteiger partial charge >= 0.3 is 0 Å². The average Bonchev–Trinajstić information content (AvgIpc) is 3.34. The normalized spacial score (nSPS) is 20.7. The summed E-state index contributed by atoms with van der Waals surface area (Å²) in [6.45, 7) is 9.56. The fourth-order valence-electron chi connectivity index (χ4n) is 5.75. The zero-order valence-electron chi connectivity index (χ0n) is 24.4. The van der Waals surface area contributed by atoms with Crippen molar-refractivity contribution >= 4 is 5.91 Å². The van der Waals surface area contributed by atoms with Gasteiger partial charge in [-0.3, -0.25) is 14.3 Å². The SMILES string of the molecule is CC(C)N1CC(C(c2ccccc2)n2cc(C#CC3(C)COC3)c(C#CC3(C)CCC3)n2)n2ncc(=O)c(O)c2C1=O. The number of ether oxygens (including phenoxy) is 1. The van der Waals surface area contributed by atoms with Gasteiger partial charge in [0.2, 0.25) is 5.43 Å². The van der Waals surface area contributed by atoms with Crippen molar-refractivity contribution in [1.29, 1.82) is 0 Å². The maximum Gasteiger partial charge on any atom is 0.276 e. The van der Waals surface area contributed by atoms with E-state index in [1.165, 1.54) is 11.1 Å². The van der Waals surface area contributed by atoms with E-state index in [0.29, 0.717) is 25.5 Å². The van der Waals surface area contributed by atoms with E-state index < -0.39 is 29.2 Å². The molecule has 42 heavy (non-hydrogen) atoms. The molecule has 1 amide bonds. The highest BCUT2D eigenvalue weighted by atomic mass is 16.5. The summed E-state index contributed by atoms with van der Waals surface area (Å²) in [5, 5.41) is 20.1. The van der Waals surface area contributed by atoms with Gasteiger partial charge in [0.1, 0.15) is 6.04 Å². The van der Waals surface area contributed by atoms with Crippen molar-refractivity contribution in [2.45, 2.75) is 65.1 Å². The van der Waals surface area contributed by atoms with E-state index in [9.17, 15) is 14.7 Å². The van der Waals surface area contributed by atoms with Crippen molar-refractivity contribution in [2.75, 3.05) is 19.8 Å². The Labute approximate surface area is 245 Å². The van der Waals surface area contributed by atoms with Gasteiger partial charge in [-0.15, -0.1) is 0 Å². The molecule has 0 spiro atoms. The molecule has 216 valence electrons. The van der Waals surface area contributed by atoms with E-state index in [1.807, 2.05) is 55.1 Å². The van der Waals surface area contributed by atoms with E-state index in [2.05, 4.69) is 42.6 Å². The number of aromatic nitrogens is 4. The molecule has 1 aliphatic carbocycles. The van der Waals surface area contributed by atoms with Crippen LogP contribution in [0.25, 0.3) is 0 Å². The van der Waals surface area contributed by atoms with Crippen LogP contribution in [-0.2, 0) is 4.74 Å². The van der Waals surface area contributed by atoms with E-state index in [4.69, 9.17) is 9.84 Å². The average molecular weight is 566 g/mol. The number of fused-ring (bicyclic) bond motifs is 1. The smallest absolute Gasteiger partial charge is 0.276 e. The Kier molecular flexibility index (Phi) is 6.95. The highest BCUT2D eigenvalue weighted by Crippen LogP contribution is 2.40. The first-order valence-corrected chi connectivity index (χ1v) is 14.5. The largest absolute Gasteiger partial charge is 0.502 e. The van der Waals surface area contributed by atoms with Gasteiger partial charge in [-0.1, -0.05) is 54.5 Å². The number of carbonyl (C=O) groups is 1. The summed E-state index contributed by atoms with van der Waals surface area (Å²) in [7, 11) is 0. The molecule has 2 aliphatic heterocycles. The van der Waals surface area contributed by atoms with Crippen molar-refractivity contribution in [1.82, 2.24) is 24.5 Å². The molecule has 0 radical (unpaired) electrons. The summed E-state index contributed by atoms with van der Waals surface area (Å²) in [5.74, 6) is 12.5. The lowest BCUT2D eigenvalue weighted by Gasteiger charge is -2.40. The zero-order valence-corrected chi connectivity index (χ0v) is 24.4. The van der Waals surface area contributed by atoms with Crippen molar-refractivity contribution in [2.24, 2.45) is 10.8 Å². The lowest BCUT2D eigenvalue weighted by molar-refractivity contribution is -0.0648. The van der Waals surface area contributed by atoms with Crippen LogP contribution in [0.1, 0.15) is 86.4 Å². The quantitative estimate of drug-likeness (QED) is 0.484. The highest BCUT2D eigenvalue weighted by Gasteiger charge is 2.41. The Bertz CT molecular complexity index is 1650. The zero-order chi connectivity index (χ0) is 29.6. The first-order valence-electron chi connectivity index (χ1n) is 14.5. The molecule has 6 rings (SSSR count). The molecular weight excluding hydrogens is 530 g/mol. The Balaban J connectivity index is 1.53. The Morgan fingerprint density at radius 1 is 1.05 bits per heavy atom. The summed E-state index contributed by atoms with van der Waals surface area (Å²) >= 11 is 0. The summed E-state index contributed by atoms with van der Waals surface area (Å²) in [5.41, 5.74) is 1.22. The second-order valence-corrected chi connectivity index (χ2v) is 12.5. The molecular formula is C33H35N5O4. The van der Waals surface area contributed by atoms with Crippen LogP contribution in [0.4, 0.5) is 0 Å². The minimum Gasteiger partial charge on any atom is -0.502 e. The molecule has 0 bridgehead atoms. The first-order chi connectivity index (χ1) is 20.1. The standard InChI is InChI=1S/C33H35N5O4/c1-22(2)36-19-26(38-29(31(36)41)30(40)27(39)17-34-38)28(23-9-6-5-7-10-23)37-18-24(11-15-33(4)20-42-21-33)25(35-37)12-16-32(3)13-8-14-32/h5-7,9-10,17-18,22,26,28,40H,8,13-14,19-21H2,1-4H3. The van der Waals surface area contributed by atoms with Gasteiger partial charge in [0, 0.05) is 24.2 Å². The molecule has 9 nitrogen and oxygen atoms in total. The van der Waals surface area contributed by atoms with Gasteiger partial charge in [0.25, 0.3) is 5.91 Å². The van der Waals surface area contributed by atoms with Crippen LogP contribution >= 0.6 is 0 Å². The van der Waals surface area contributed by atoms with Crippen LogP contribution in [0.2, 0.25) is 0 Å². The number of carbonyl (C=O) groups excluding carboxylic acids is 1. The minimum atomic E-state index is -0.692. The van der Waals surface area contributed by atoms with Crippen molar-refractivity contribution in [3.05, 3.63) is 75.5 Å². The molecule has 2 atom stereocenters. The molecule has 3 aliphatic rings. The number of hydrogen-bond acceptors (Lipinski definition) is 6. The molecule has 9 heteroatoms. The van der Waals surface area contributed by atoms with Gasteiger partial charge in [-0.25, -0.2) is 4.68 Å². The molecule has 1 saturated heterocycles. The number of amides is 1. The lowest BCUT2D eigenvalue weighted by Crippen LogP contribution is -2.50. The van der Waals surface area contributed by atoms with Gasteiger partial charge in [0.15, 0.2) is 17.1 Å². The van der Waals surface area contributed by atoms with Crippen LogP contribution in [0, 0.1) is 34.5 Å². The van der Waals surface area contributed by atoms with Crippen molar-refractivity contribution in [3.8, 4) is 29.4 Å². The highest BCUT2D eigenvalue weighted by molar-refractivity contribution is 5.96. The molecule has 3 aromatic rings. The van der Waals surface area contributed by atoms with Crippen LogP contribution in [0.15, 0.2) is 47.5 Å². The number of aromatic hydroxyl groups is 1. The number of nitrogens with zero attached hydrogens (tertiary/aromatic N) is 5. The second kappa shape index (κ2) is 10.5. The Hall–Kier alpha value is -4.34. The van der Waals surface area contributed by atoms with Crippen molar-refractivity contribution in [3.63, 3.8) is 0 Å². The third-order valence-corrected chi connectivity index (χ3v) is 8.57. The lowest BCUT2D eigenvalue weighted by atomic mass is 9.71. The molecule has 2 aromatic heterocycles. The van der Waals surface area contributed by atoms with Gasteiger partial charge in [-0.2, -0.15) is 10.2 Å². The van der Waals surface area contributed by atoms with Crippen LogP contribution in [-0.4, -0.2) is 61.3 Å². The molecule has 1 N–H and O–H groups in total. The monoisotopic (exact) mass is 565 g/mol. The van der Waals surface area contributed by atoms with E-state index in [-0.39, 0.29) is 22.6 Å². The third-order valence-electron chi connectivity index (χ3n) is 8.57. The second-order valence-electron chi connectivity index (χ2n) is 12.5. The Morgan fingerprint density at radius 3 is 2.38 bits per heavy atom. The molecule has 2 unspecified atom stereocenters. The summed E-state index contributed by atoms with van der Waals surface area (Å²) in [6.07, 6.45) is 6.28. The summed E-state index contributed by atoms with van der Waals surface area (Å²) < 4.78 is 8.74. The summed E-state index contributed by atoms with van der Waals surface area (Å²) in [6, 6.07) is 8.74. The Morgan fingerprint density at radius 2 is 1.76 bits per heavy atom. The van der Waals surface area contributed by atoms with Gasteiger partial charge in [-0.05, 0) is 52.0 Å². The molecule has 1 saturated carbocycles. The molecule has 2 fully saturated rings. The van der Waals surface area contributed by atoms with Crippen LogP contribution < -0.4 is 5.43 Å². The first kappa shape index (κ1) is 27.8. The molecule has 4 heterocycles. The van der Waals surface area contributed by atoms with E-state index in [1.54, 1.807) is 4.90 Å². The number of rotatable bonds is 4. The van der Waals surface area contributed by atoms with Crippen molar-refractivity contribution < 1.29 is 14.6 Å². The third kappa shape index (κ3) is 4.99. The van der Waals surface area contributed by atoms with Gasteiger partial charge in [0.05, 0.1) is 36.4 Å². The van der Waals surface area contributed by atoms with Crippen LogP contribution in [0.3, 0.4) is 0 Å². The van der Waals surface area contributed by atoms with Crippen LogP contribution in [0.5, 0.6) is 5.75 Å². The topological polar surface area (TPSA) is 102 Å². The maximum atomic E-state index is 13.5. The summed E-state index contributed by atoms with van der Waals surface area (Å²) in [4.78, 5) is 27.5. The fourth-order valence-corrected chi connectivity index (χ4v) is 5.75. The minimum absolute atomic E-state index is 0.0190.